The van der Waals surface area contributed by atoms with Gasteiger partial charge in [-0.05, 0) is 44.7 Å². The van der Waals surface area contributed by atoms with E-state index >= 15 is 0 Å². The molecule has 0 bridgehead atoms. The van der Waals surface area contributed by atoms with Crippen molar-refractivity contribution < 1.29 is 14.3 Å². The van der Waals surface area contributed by atoms with Gasteiger partial charge in [0.15, 0.2) is 0 Å². The second-order valence-electron chi connectivity index (χ2n) is 6.35. The molecule has 0 radical (unpaired) electrons. The maximum atomic E-state index is 12.7. The summed E-state index contributed by atoms with van der Waals surface area (Å²) in [5, 5.41) is 0. The van der Waals surface area contributed by atoms with Crippen LogP contribution in [0.3, 0.4) is 0 Å². The number of nitrogens with zero attached hydrogens (tertiary/aromatic N) is 1. The normalized spacial score (nSPS) is 19.0. The van der Waals surface area contributed by atoms with Crippen molar-refractivity contribution in [3.8, 4) is 0 Å². The van der Waals surface area contributed by atoms with E-state index in [4.69, 9.17) is 15.2 Å². The Morgan fingerprint density at radius 1 is 1.38 bits per heavy atom. The van der Waals surface area contributed by atoms with Crippen LogP contribution in [0.5, 0.6) is 0 Å². The topological polar surface area (TPSA) is 64.8 Å². The Morgan fingerprint density at radius 3 is 2.83 bits per heavy atom. The molecule has 0 aliphatic carbocycles. The van der Waals surface area contributed by atoms with Gasteiger partial charge in [-0.1, -0.05) is 30.3 Å². The Balaban J connectivity index is 1.87. The van der Waals surface area contributed by atoms with Gasteiger partial charge in [0.1, 0.15) is 6.10 Å². The first-order chi connectivity index (χ1) is 11.7. The molecular weight excluding hydrogens is 304 g/mol. The number of carbonyl (C=O) groups excluding carboxylic acids is 1. The van der Waals surface area contributed by atoms with Crippen LogP contribution in [0.25, 0.3) is 0 Å². The van der Waals surface area contributed by atoms with Crippen molar-refractivity contribution >= 4 is 5.91 Å². The Kier molecular flexibility index (Phi) is 8.22. The zero-order valence-corrected chi connectivity index (χ0v) is 14.7. The largest absolute Gasteiger partial charge is 0.376 e. The average molecular weight is 334 g/mol. The molecule has 1 fully saturated rings. The Morgan fingerprint density at radius 2 is 2.17 bits per heavy atom. The molecule has 5 heteroatoms. The molecule has 0 saturated carbocycles. The van der Waals surface area contributed by atoms with E-state index < -0.39 is 6.10 Å². The van der Waals surface area contributed by atoms with Gasteiger partial charge in [0.05, 0.1) is 12.7 Å². The van der Waals surface area contributed by atoms with Crippen LogP contribution in [0.2, 0.25) is 0 Å². The molecule has 5 nitrogen and oxygen atoms in total. The standard InChI is InChI=1S/C19H30N2O3/c1-16(24-15-18-10-5-6-13-23-18)19(22)21(12-7-11-20)14-17-8-3-2-4-9-17/h2-4,8-9,16,18H,5-7,10-15,20H2,1H3. The van der Waals surface area contributed by atoms with Gasteiger partial charge >= 0.3 is 0 Å². The molecule has 2 N–H and O–H groups in total. The molecule has 24 heavy (non-hydrogen) atoms. The van der Waals surface area contributed by atoms with Crippen molar-refractivity contribution in [2.24, 2.45) is 5.73 Å². The third-order valence-electron chi connectivity index (χ3n) is 4.31. The summed E-state index contributed by atoms with van der Waals surface area (Å²) in [6, 6.07) is 10.0. The molecule has 2 atom stereocenters. The second kappa shape index (κ2) is 10.4. The summed E-state index contributed by atoms with van der Waals surface area (Å²) in [6.45, 7) is 4.93. The maximum Gasteiger partial charge on any atom is 0.251 e. The lowest BCUT2D eigenvalue weighted by Gasteiger charge is -2.28. The van der Waals surface area contributed by atoms with Gasteiger partial charge in [0.25, 0.3) is 5.91 Å². The summed E-state index contributed by atoms with van der Waals surface area (Å²) in [5.74, 6) is 0.0168. The predicted octanol–water partition coefficient (Wildman–Crippen LogP) is 2.34. The lowest BCUT2D eigenvalue weighted by Crippen LogP contribution is -2.41. The van der Waals surface area contributed by atoms with E-state index in [0.29, 0.717) is 26.2 Å². The molecule has 1 amide bonds. The highest BCUT2D eigenvalue weighted by atomic mass is 16.5. The van der Waals surface area contributed by atoms with E-state index in [9.17, 15) is 4.79 Å². The van der Waals surface area contributed by atoms with Crippen molar-refractivity contribution in [3.63, 3.8) is 0 Å². The monoisotopic (exact) mass is 334 g/mol. The molecule has 1 heterocycles. The van der Waals surface area contributed by atoms with Crippen molar-refractivity contribution in [2.75, 3.05) is 26.3 Å². The fourth-order valence-electron chi connectivity index (χ4n) is 2.87. The molecule has 2 unspecified atom stereocenters. The summed E-state index contributed by atoms with van der Waals surface area (Å²) in [4.78, 5) is 14.6. The number of benzene rings is 1. The van der Waals surface area contributed by atoms with E-state index in [1.807, 2.05) is 42.2 Å². The minimum atomic E-state index is -0.461. The van der Waals surface area contributed by atoms with Gasteiger partial charge in [-0.15, -0.1) is 0 Å². The van der Waals surface area contributed by atoms with Gasteiger partial charge in [-0.25, -0.2) is 0 Å². The lowest BCUT2D eigenvalue weighted by molar-refractivity contribution is -0.146. The summed E-state index contributed by atoms with van der Waals surface area (Å²) in [7, 11) is 0. The quantitative estimate of drug-likeness (QED) is 0.753. The molecular formula is C19H30N2O3. The lowest BCUT2D eigenvalue weighted by atomic mass is 10.1. The molecule has 134 valence electrons. The SMILES string of the molecule is CC(OCC1CCCCO1)C(=O)N(CCCN)Cc1ccccc1. The second-order valence-corrected chi connectivity index (χ2v) is 6.35. The highest BCUT2D eigenvalue weighted by molar-refractivity contribution is 5.80. The Hall–Kier alpha value is -1.43. The Labute approximate surface area is 145 Å². The van der Waals surface area contributed by atoms with E-state index in [2.05, 4.69) is 0 Å². The van der Waals surface area contributed by atoms with Gasteiger partial charge < -0.3 is 20.1 Å². The molecule has 1 aromatic carbocycles. The van der Waals surface area contributed by atoms with Crippen LogP contribution >= 0.6 is 0 Å². The van der Waals surface area contributed by atoms with Crippen molar-refractivity contribution in [1.29, 1.82) is 0 Å². The summed E-state index contributed by atoms with van der Waals surface area (Å²) >= 11 is 0. The fraction of sp³-hybridized carbons (Fsp3) is 0.632. The summed E-state index contributed by atoms with van der Waals surface area (Å²) < 4.78 is 11.5. The third kappa shape index (κ3) is 6.23. The zero-order valence-electron chi connectivity index (χ0n) is 14.7. The van der Waals surface area contributed by atoms with E-state index in [-0.39, 0.29) is 12.0 Å². The van der Waals surface area contributed by atoms with Crippen molar-refractivity contribution in [2.45, 2.75) is 51.4 Å². The van der Waals surface area contributed by atoms with E-state index in [0.717, 1.165) is 31.4 Å². The zero-order chi connectivity index (χ0) is 17.2. The first-order valence-electron chi connectivity index (χ1n) is 8.96. The van der Waals surface area contributed by atoms with Crippen LogP contribution in [-0.4, -0.2) is 49.3 Å². The molecule has 0 aromatic heterocycles. The number of carbonyl (C=O) groups is 1. The van der Waals surface area contributed by atoms with Crippen LogP contribution in [0, 0.1) is 0 Å². The molecule has 2 rings (SSSR count). The van der Waals surface area contributed by atoms with Gasteiger partial charge in [0, 0.05) is 19.7 Å². The van der Waals surface area contributed by atoms with Gasteiger partial charge in [-0.2, -0.15) is 0 Å². The smallest absolute Gasteiger partial charge is 0.251 e. The van der Waals surface area contributed by atoms with Gasteiger partial charge in [0.2, 0.25) is 0 Å². The summed E-state index contributed by atoms with van der Waals surface area (Å²) in [6.07, 6.45) is 3.76. The highest BCUT2D eigenvalue weighted by Gasteiger charge is 2.23. The molecule has 1 saturated heterocycles. The van der Waals surface area contributed by atoms with Crippen molar-refractivity contribution in [1.82, 2.24) is 4.90 Å². The fourth-order valence-corrected chi connectivity index (χ4v) is 2.87. The van der Waals surface area contributed by atoms with Gasteiger partial charge in [-0.3, -0.25) is 4.79 Å². The van der Waals surface area contributed by atoms with Crippen LogP contribution in [0.1, 0.15) is 38.2 Å². The minimum absolute atomic E-state index is 0.0168. The van der Waals surface area contributed by atoms with Crippen molar-refractivity contribution in [3.05, 3.63) is 35.9 Å². The van der Waals surface area contributed by atoms with Crippen LogP contribution in [0.4, 0.5) is 0 Å². The van der Waals surface area contributed by atoms with E-state index in [1.54, 1.807) is 0 Å². The third-order valence-corrected chi connectivity index (χ3v) is 4.31. The molecule has 1 aromatic rings. The Bertz CT molecular complexity index is 475. The first kappa shape index (κ1) is 18.9. The van der Waals surface area contributed by atoms with Crippen LogP contribution < -0.4 is 5.73 Å². The number of ether oxygens (including phenoxy) is 2. The minimum Gasteiger partial charge on any atom is -0.376 e. The molecule has 1 aliphatic heterocycles. The average Bonchev–Trinajstić information content (AvgIpc) is 2.64. The number of nitrogens with two attached hydrogens (primary N) is 1. The van der Waals surface area contributed by atoms with E-state index in [1.165, 1.54) is 6.42 Å². The number of hydrogen-bond acceptors (Lipinski definition) is 4. The highest BCUT2D eigenvalue weighted by Crippen LogP contribution is 2.14. The molecule has 0 spiro atoms. The van der Waals surface area contributed by atoms with Crippen LogP contribution in [-0.2, 0) is 20.8 Å². The number of hydrogen-bond donors (Lipinski definition) is 1. The predicted molar refractivity (Wildman–Crippen MR) is 94.5 cm³/mol. The number of rotatable bonds is 9. The summed E-state index contributed by atoms with van der Waals surface area (Å²) in [5.41, 5.74) is 6.73. The maximum absolute atomic E-state index is 12.7. The first-order valence-corrected chi connectivity index (χ1v) is 8.96. The van der Waals surface area contributed by atoms with Crippen LogP contribution in [0.15, 0.2) is 30.3 Å². The molecule has 1 aliphatic rings. The number of amides is 1.